The van der Waals surface area contributed by atoms with Gasteiger partial charge in [0.25, 0.3) is 0 Å². The molecule has 1 rings (SSSR count). The summed E-state index contributed by atoms with van der Waals surface area (Å²) in [6.07, 6.45) is 8.87. The van der Waals surface area contributed by atoms with E-state index in [2.05, 4.69) is 0 Å². The summed E-state index contributed by atoms with van der Waals surface area (Å²) in [5.74, 6) is 5.32. The highest BCUT2D eigenvalue weighted by Gasteiger charge is 2.22. The number of rotatable bonds is 3. The van der Waals surface area contributed by atoms with E-state index in [1.165, 1.54) is 32.1 Å². The van der Waals surface area contributed by atoms with Crippen LogP contribution in [0.25, 0.3) is 0 Å². The van der Waals surface area contributed by atoms with Gasteiger partial charge in [-0.05, 0) is 19.8 Å². The van der Waals surface area contributed by atoms with Gasteiger partial charge in [-0.3, -0.25) is 4.84 Å². The highest BCUT2D eigenvalue weighted by molar-refractivity contribution is 4.72. The molecule has 3 nitrogen and oxygen atoms in total. The fourth-order valence-electron chi connectivity index (χ4n) is 2.15. The van der Waals surface area contributed by atoms with Gasteiger partial charge in [0.15, 0.2) is 0 Å². The van der Waals surface area contributed by atoms with E-state index in [9.17, 15) is 0 Å². The molecular formula is C11H23NO2. The molecule has 2 atom stereocenters. The molecule has 0 amide bonds. The van der Waals surface area contributed by atoms with E-state index in [1.54, 1.807) is 0 Å². The van der Waals surface area contributed by atoms with Crippen LogP contribution in [0.15, 0.2) is 0 Å². The van der Waals surface area contributed by atoms with Gasteiger partial charge in [0.2, 0.25) is 0 Å². The second kappa shape index (κ2) is 7.21. The Bertz CT molecular complexity index is 141. The SMILES string of the molecule is CCOC1CCCCCCCC1ON. The summed E-state index contributed by atoms with van der Waals surface area (Å²) in [7, 11) is 0. The van der Waals surface area contributed by atoms with Gasteiger partial charge in [-0.25, -0.2) is 5.90 Å². The third-order valence-corrected chi connectivity index (χ3v) is 2.95. The van der Waals surface area contributed by atoms with Crippen molar-refractivity contribution in [2.75, 3.05) is 6.61 Å². The highest BCUT2D eigenvalue weighted by atomic mass is 16.6. The smallest absolute Gasteiger partial charge is 0.105 e. The van der Waals surface area contributed by atoms with Crippen molar-refractivity contribution < 1.29 is 9.57 Å². The van der Waals surface area contributed by atoms with Crippen LogP contribution >= 0.6 is 0 Å². The summed E-state index contributed by atoms with van der Waals surface area (Å²) >= 11 is 0. The summed E-state index contributed by atoms with van der Waals surface area (Å²) in [6.45, 7) is 2.78. The largest absolute Gasteiger partial charge is 0.376 e. The lowest BCUT2D eigenvalue weighted by molar-refractivity contribution is -0.0785. The molecule has 0 aromatic heterocycles. The van der Waals surface area contributed by atoms with Crippen LogP contribution in [0, 0.1) is 0 Å². The van der Waals surface area contributed by atoms with E-state index in [0.29, 0.717) is 0 Å². The van der Waals surface area contributed by atoms with E-state index < -0.39 is 0 Å². The quantitative estimate of drug-likeness (QED) is 0.713. The number of nitrogens with two attached hydrogens (primary N) is 1. The van der Waals surface area contributed by atoms with Gasteiger partial charge in [-0.1, -0.05) is 32.1 Å². The molecule has 0 bridgehead atoms. The molecule has 0 aromatic rings. The molecule has 1 saturated carbocycles. The van der Waals surface area contributed by atoms with E-state index in [1.807, 2.05) is 6.92 Å². The van der Waals surface area contributed by atoms with Crippen LogP contribution in [0.1, 0.15) is 51.9 Å². The van der Waals surface area contributed by atoms with Gasteiger partial charge in [-0.15, -0.1) is 0 Å². The Kier molecular flexibility index (Phi) is 6.15. The van der Waals surface area contributed by atoms with Crippen LogP contribution in [0.5, 0.6) is 0 Å². The maximum Gasteiger partial charge on any atom is 0.105 e. The normalized spacial score (nSPS) is 30.4. The monoisotopic (exact) mass is 201 g/mol. The molecule has 84 valence electrons. The number of hydrogen-bond acceptors (Lipinski definition) is 3. The van der Waals surface area contributed by atoms with Gasteiger partial charge < -0.3 is 4.74 Å². The summed E-state index contributed by atoms with van der Waals surface area (Å²) < 4.78 is 5.67. The van der Waals surface area contributed by atoms with Crippen LogP contribution in [0.4, 0.5) is 0 Å². The van der Waals surface area contributed by atoms with Gasteiger partial charge in [0, 0.05) is 6.61 Å². The second-order valence-corrected chi connectivity index (χ2v) is 4.01. The minimum atomic E-state index is 0.105. The topological polar surface area (TPSA) is 44.5 Å². The standard InChI is InChI=1S/C11H23NO2/c1-2-13-10-8-6-4-3-5-7-9-11(10)14-12/h10-11H,2-9,12H2,1H3. The van der Waals surface area contributed by atoms with E-state index >= 15 is 0 Å². The van der Waals surface area contributed by atoms with Crippen molar-refractivity contribution in [2.24, 2.45) is 5.90 Å². The van der Waals surface area contributed by atoms with Crippen molar-refractivity contribution in [1.29, 1.82) is 0 Å². The molecule has 3 heteroatoms. The molecule has 0 aromatic carbocycles. The molecule has 1 fully saturated rings. The van der Waals surface area contributed by atoms with Crippen molar-refractivity contribution in [2.45, 2.75) is 64.1 Å². The van der Waals surface area contributed by atoms with E-state index in [4.69, 9.17) is 15.5 Å². The molecule has 0 spiro atoms. The zero-order chi connectivity index (χ0) is 10.2. The lowest BCUT2D eigenvalue weighted by Crippen LogP contribution is -2.33. The van der Waals surface area contributed by atoms with Crippen molar-refractivity contribution in [3.63, 3.8) is 0 Å². The predicted octanol–water partition coefficient (Wildman–Crippen LogP) is 2.39. The second-order valence-electron chi connectivity index (χ2n) is 4.01. The highest BCUT2D eigenvalue weighted by Crippen LogP contribution is 2.21. The molecule has 0 aliphatic heterocycles. The first-order valence-electron chi connectivity index (χ1n) is 5.85. The summed E-state index contributed by atoms with van der Waals surface area (Å²) in [4.78, 5) is 5.02. The first kappa shape index (κ1) is 12.0. The van der Waals surface area contributed by atoms with E-state index in [-0.39, 0.29) is 12.2 Å². The molecule has 2 N–H and O–H groups in total. The van der Waals surface area contributed by atoms with Gasteiger partial charge in [0.05, 0.1) is 6.10 Å². The lowest BCUT2D eigenvalue weighted by atomic mass is 10.0. The molecular weight excluding hydrogens is 178 g/mol. The van der Waals surface area contributed by atoms with Crippen LogP contribution in [0.3, 0.4) is 0 Å². The molecule has 14 heavy (non-hydrogen) atoms. The Morgan fingerprint density at radius 1 is 1.00 bits per heavy atom. The van der Waals surface area contributed by atoms with Crippen molar-refractivity contribution in [1.82, 2.24) is 0 Å². The van der Waals surface area contributed by atoms with Gasteiger partial charge in [0.1, 0.15) is 6.10 Å². The van der Waals surface area contributed by atoms with Crippen molar-refractivity contribution >= 4 is 0 Å². The summed E-state index contributed by atoms with van der Waals surface area (Å²) in [5.41, 5.74) is 0. The Labute approximate surface area is 86.9 Å². The maximum absolute atomic E-state index is 5.67. The molecule has 0 heterocycles. The number of ether oxygens (including phenoxy) is 1. The lowest BCUT2D eigenvalue weighted by Gasteiger charge is -2.24. The van der Waals surface area contributed by atoms with Crippen molar-refractivity contribution in [3.05, 3.63) is 0 Å². The average molecular weight is 201 g/mol. The Morgan fingerprint density at radius 2 is 1.57 bits per heavy atom. The van der Waals surface area contributed by atoms with Crippen LogP contribution in [-0.2, 0) is 9.57 Å². The van der Waals surface area contributed by atoms with Gasteiger partial charge in [-0.2, -0.15) is 0 Å². The molecule has 1 aliphatic carbocycles. The first-order valence-corrected chi connectivity index (χ1v) is 5.85. The fourth-order valence-corrected chi connectivity index (χ4v) is 2.15. The third kappa shape index (κ3) is 3.95. The zero-order valence-corrected chi connectivity index (χ0v) is 9.21. The first-order chi connectivity index (χ1) is 6.88. The van der Waals surface area contributed by atoms with Gasteiger partial charge >= 0.3 is 0 Å². The Morgan fingerprint density at radius 3 is 2.14 bits per heavy atom. The number of hydrogen-bond donors (Lipinski definition) is 1. The predicted molar refractivity (Wildman–Crippen MR) is 56.8 cm³/mol. The van der Waals surface area contributed by atoms with Crippen LogP contribution in [0.2, 0.25) is 0 Å². The molecule has 0 radical (unpaired) electrons. The third-order valence-electron chi connectivity index (χ3n) is 2.95. The molecule has 0 saturated heterocycles. The Balaban J connectivity index is 2.43. The minimum absolute atomic E-state index is 0.105. The maximum atomic E-state index is 5.67. The van der Waals surface area contributed by atoms with E-state index in [0.717, 1.165) is 19.4 Å². The zero-order valence-electron chi connectivity index (χ0n) is 9.21. The average Bonchev–Trinajstić information content (AvgIpc) is 2.30. The molecule has 2 unspecified atom stereocenters. The van der Waals surface area contributed by atoms with Crippen LogP contribution in [-0.4, -0.2) is 18.8 Å². The summed E-state index contributed by atoms with van der Waals surface area (Å²) in [6, 6.07) is 0. The Hall–Kier alpha value is -0.120. The fraction of sp³-hybridized carbons (Fsp3) is 1.00. The minimum Gasteiger partial charge on any atom is -0.376 e. The van der Waals surface area contributed by atoms with Crippen molar-refractivity contribution in [3.8, 4) is 0 Å². The molecule has 1 aliphatic rings. The van der Waals surface area contributed by atoms with Crippen LogP contribution < -0.4 is 5.90 Å². The summed E-state index contributed by atoms with van der Waals surface area (Å²) in [5, 5.41) is 0.